The van der Waals surface area contributed by atoms with Crippen molar-refractivity contribution in [2.75, 3.05) is 31.6 Å². The highest BCUT2D eigenvalue weighted by Gasteiger charge is 2.31. The first-order chi connectivity index (χ1) is 21.2. The Labute approximate surface area is 256 Å². The van der Waals surface area contributed by atoms with E-state index in [0.29, 0.717) is 11.5 Å². The Kier molecular flexibility index (Phi) is 11.3. The zero-order valence-corrected chi connectivity index (χ0v) is 24.9. The Morgan fingerprint density at radius 3 is 2.45 bits per heavy atom. The monoisotopic (exact) mass is 602 g/mol. The SMILES string of the molecule is C=C/C=C/C(=N\C(=C/C)N[C@@H](C)c1cccc(NC(=O)c2cccc(C(F)(F)F)c2)c1)c1ccc(CN2CCOCC2)cc1. The van der Waals surface area contributed by atoms with Gasteiger partial charge in [-0.25, -0.2) is 4.99 Å². The Balaban J connectivity index is 1.46. The molecule has 0 spiro atoms. The molecule has 1 amide bonds. The molecule has 1 atom stereocenters. The van der Waals surface area contributed by atoms with Crippen molar-refractivity contribution in [2.24, 2.45) is 4.99 Å². The van der Waals surface area contributed by atoms with Gasteiger partial charge in [-0.15, -0.1) is 0 Å². The lowest BCUT2D eigenvalue weighted by atomic mass is 10.1. The minimum Gasteiger partial charge on any atom is -0.379 e. The fourth-order valence-electron chi connectivity index (χ4n) is 4.70. The van der Waals surface area contributed by atoms with E-state index in [-0.39, 0.29) is 11.6 Å². The molecule has 3 aromatic rings. The van der Waals surface area contributed by atoms with Crippen LogP contribution in [0.3, 0.4) is 0 Å². The number of carbonyl (C=O) groups is 1. The zero-order chi connectivity index (χ0) is 31.5. The number of halogens is 3. The van der Waals surface area contributed by atoms with E-state index < -0.39 is 17.6 Å². The second-order valence-corrected chi connectivity index (χ2v) is 10.4. The van der Waals surface area contributed by atoms with Crippen LogP contribution in [-0.4, -0.2) is 42.8 Å². The van der Waals surface area contributed by atoms with Crippen molar-refractivity contribution < 1.29 is 22.7 Å². The van der Waals surface area contributed by atoms with E-state index in [1.807, 2.05) is 38.1 Å². The van der Waals surface area contributed by atoms with Gasteiger partial charge in [0.05, 0.1) is 30.5 Å². The lowest BCUT2D eigenvalue weighted by Crippen LogP contribution is -2.35. The van der Waals surface area contributed by atoms with Gasteiger partial charge in [-0.05, 0) is 67.5 Å². The Morgan fingerprint density at radius 2 is 1.77 bits per heavy atom. The summed E-state index contributed by atoms with van der Waals surface area (Å²) in [5, 5.41) is 6.12. The van der Waals surface area contributed by atoms with Crippen LogP contribution in [-0.2, 0) is 17.5 Å². The van der Waals surface area contributed by atoms with E-state index in [1.165, 1.54) is 17.7 Å². The maximum atomic E-state index is 13.1. The van der Waals surface area contributed by atoms with Crippen molar-refractivity contribution in [1.29, 1.82) is 0 Å². The number of carbonyl (C=O) groups excluding carboxylic acids is 1. The van der Waals surface area contributed by atoms with Gasteiger partial charge in [-0.2, -0.15) is 13.2 Å². The Hall–Kier alpha value is -4.47. The van der Waals surface area contributed by atoms with E-state index >= 15 is 0 Å². The number of alkyl halides is 3. The molecule has 0 saturated carbocycles. The third-order valence-electron chi connectivity index (χ3n) is 7.13. The average Bonchev–Trinajstić information content (AvgIpc) is 3.03. The van der Waals surface area contributed by atoms with Crippen LogP contribution in [0.1, 0.15) is 52.5 Å². The van der Waals surface area contributed by atoms with Crippen LogP contribution in [0.4, 0.5) is 18.9 Å². The molecule has 0 bridgehead atoms. The lowest BCUT2D eigenvalue weighted by Gasteiger charge is -2.26. The van der Waals surface area contributed by atoms with Crippen molar-refractivity contribution in [2.45, 2.75) is 32.6 Å². The van der Waals surface area contributed by atoms with E-state index in [9.17, 15) is 18.0 Å². The summed E-state index contributed by atoms with van der Waals surface area (Å²) in [5.41, 5.74) is 3.33. The van der Waals surface area contributed by atoms with Gasteiger partial charge in [0.1, 0.15) is 5.82 Å². The van der Waals surface area contributed by atoms with E-state index in [1.54, 1.807) is 24.3 Å². The molecule has 0 unspecified atom stereocenters. The molecular weight excluding hydrogens is 565 g/mol. The summed E-state index contributed by atoms with van der Waals surface area (Å²) in [6.45, 7) is 11.9. The molecule has 0 radical (unpaired) electrons. The third kappa shape index (κ3) is 9.26. The van der Waals surface area contributed by atoms with Gasteiger partial charge in [0, 0.05) is 36.4 Å². The zero-order valence-electron chi connectivity index (χ0n) is 24.9. The van der Waals surface area contributed by atoms with Crippen LogP contribution in [0.25, 0.3) is 0 Å². The Bertz CT molecular complexity index is 1520. The molecule has 1 fully saturated rings. The number of hydrogen-bond acceptors (Lipinski definition) is 5. The van der Waals surface area contributed by atoms with Crippen molar-refractivity contribution in [1.82, 2.24) is 10.2 Å². The summed E-state index contributed by atoms with van der Waals surface area (Å²) in [7, 11) is 0. The second kappa shape index (κ2) is 15.3. The Morgan fingerprint density at radius 1 is 1.05 bits per heavy atom. The highest BCUT2D eigenvalue weighted by molar-refractivity contribution is 6.09. The molecule has 4 rings (SSSR count). The van der Waals surface area contributed by atoms with E-state index in [2.05, 4.69) is 46.4 Å². The van der Waals surface area contributed by atoms with Crippen molar-refractivity contribution in [3.63, 3.8) is 0 Å². The minimum absolute atomic E-state index is 0.0730. The summed E-state index contributed by atoms with van der Waals surface area (Å²) < 4.78 is 44.7. The number of hydrogen-bond donors (Lipinski definition) is 2. The van der Waals surface area contributed by atoms with Gasteiger partial charge < -0.3 is 15.4 Å². The van der Waals surface area contributed by atoms with Gasteiger partial charge in [0.25, 0.3) is 5.91 Å². The van der Waals surface area contributed by atoms with Crippen LogP contribution >= 0.6 is 0 Å². The molecule has 44 heavy (non-hydrogen) atoms. The fourth-order valence-corrected chi connectivity index (χ4v) is 4.70. The van der Waals surface area contributed by atoms with Gasteiger partial charge in [-0.1, -0.05) is 61.2 Å². The maximum Gasteiger partial charge on any atom is 0.416 e. The molecule has 1 saturated heterocycles. The van der Waals surface area contributed by atoms with Gasteiger partial charge in [0.15, 0.2) is 0 Å². The maximum absolute atomic E-state index is 13.1. The van der Waals surface area contributed by atoms with Crippen LogP contribution in [0.15, 0.2) is 114 Å². The molecule has 3 aromatic carbocycles. The topological polar surface area (TPSA) is 66.0 Å². The van der Waals surface area contributed by atoms with Gasteiger partial charge >= 0.3 is 6.18 Å². The molecule has 9 heteroatoms. The number of rotatable bonds is 11. The van der Waals surface area contributed by atoms with Crippen molar-refractivity contribution in [3.8, 4) is 0 Å². The van der Waals surface area contributed by atoms with Crippen molar-refractivity contribution in [3.05, 3.63) is 137 Å². The number of allylic oxidation sites excluding steroid dienone is 4. The van der Waals surface area contributed by atoms with Gasteiger partial charge in [0.2, 0.25) is 0 Å². The highest BCUT2D eigenvalue weighted by atomic mass is 19.4. The highest BCUT2D eigenvalue weighted by Crippen LogP contribution is 2.30. The predicted molar refractivity (Wildman–Crippen MR) is 170 cm³/mol. The number of amides is 1. The molecular formula is C35H37F3N4O2. The quantitative estimate of drug-likeness (QED) is 0.176. The molecule has 0 aliphatic carbocycles. The summed E-state index contributed by atoms with van der Waals surface area (Å²) in [6.07, 6.45) is 2.80. The summed E-state index contributed by atoms with van der Waals surface area (Å²) in [4.78, 5) is 20.0. The van der Waals surface area contributed by atoms with E-state index in [0.717, 1.165) is 61.8 Å². The number of ether oxygens (including phenoxy) is 1. The largest absolute Gasteiger partial charge is 0.416 e. The van der Waals surface area contributed by atoms with Gasteiger partial charge in [-0.3, -0.25) is 9.69 Å². The van der Waals surface area contributed by atoms with Crippen molar-refractivity contribution >= 4 is 17.3 Å². The van der Waals surface area contributed by atoms with E-state index in [4.69, 9.17) is 9.73 Å². The first-order valence-corrected chi connectivity index (χ1v) is 14.4. The smallest absolute Gasteiger partial charge is 0.379 e. The number of morpholine rings is 1. The fraction of sp³-hybridized carbons (Fsp3) is 0.257. The molecule has 6 nitrogen and oxygen atoms in total. The average molecular weight is 603 g/mol. The summed E-state index contributed by atoms with van der Waals surface area (Å²) in [5.74, 6) is 0.0271. The molecule has 0 aromatic heterocycles. The van der Waals surface area contributed by atoms with Crippen LogP contribution in [0.2, 0.25) is 0 Å². The minimum atomic E-state index is -4.53. The van der Waals surface area contributed by atoms with Crippen LogP contribution in [0, 0.1) is 0 Å². The summed E-state index contributed by atoms with van der Waals surface area (Å²) in [6, 6.07) is 19.7. The standard InChI is InChI=1S/C35H37F3N4O2/c1-4-6-13-32(27-16-14-26(15-17-27)24-42-18-20-44-21-19-42)41-33(5-2)39-25(3)28-9-8-12-31(23-28)40-34(43)29-10-7-11-30(22-29)35(36,37)38/h4-17,22-23,25,39H,1,18-21,24H2,2-3H3,(H,40,43)/b13-6+,33-5-,41-32+/t25-/m0/s1. The van der Waals surface area contributed by atoms with Crippen LogP contribution < -0.4 is 10.6 Å². The third-order valence-corrected chi connectivity index (χ3v) is 7.13. The molecule has 2 N–H and O–H groups in total. The normalized spacial score (nSPS) is 15.7. The first kappa shape index (κ1) is 32.4. The van der Waals surface area contributed by atoms with Crippen LogP contribution in [0.5, 0.6) is 0 Å². The number of benzene rings is 3. The molecule has 1 aliphatic heterocycles. The second-order valence-electron chi connectivity index (χ2n) is 10.4. The number of nitrogens with one attached hydrogen (secondary N) is 2. The summed E-state index contributed by atoms with van der Waals surface area (Å²) >= 11 is 0. The molecule has 230 valence electrons. The number of nitrogens with zero attached hydrogens (tertiary/aromatic N) is 2. The molecule has 1 aliphatic rings. The number of anilines is 1. The number of aliphatic imine (C=N–C) groups is 1. The predicted octanol–water partition coefficient (Wildman–Crippen LogP) is 7.53. The first-order valence-electron chi connectivity index (χ1n) is 14.4. The molecule has 1 heterocycles. The lowest BCUT2D eigenvalue weighted by molar-refractivity contribution is -0.137.